The molecule has 164 valence electrons. The standard InChI is InChI=1S/C23H25Cl2N3O2S/c24-18-7-4-8-19(25)21(18)26-22(30)27-13-11-23(12-14-27)28(15-16-31-23)20(29)10-9-17-5-2-1-3-6-17/h1-8H,9-16H2,(H,26,30). The number of aryl methyl sites for hydroxylation is 1. The van der Waals surface area contributed by atoms with Crippen molar-refractivity contribution >= 4 is 52.6 Å². The van der Waals surface area contributed by atoms with E-state index in [1.54, 1.807) is 23.1 Å². The minimum Gasteiger partial charge on any atom is -0.327 e. The number of anilines is 1. The molecule has 8 heteroatoms. The van der Waals surface area contributed by atoms with Crippen molar-refractivity contribution in [2.24, 2.45) is 0 Å². The van der Waals surface area contributed by atoms with Crippen molar-refractivity contribution in [3.63, 3.8) is 0 Å². The number of nitrogens with zero attached hydrogens (tertiary/aromatic N) is 2. The largest absolute Gasteiger partial charge is 0.327 e. The number of carbonyl (C=O) groups excluding carboxylic acids is 2. The first-order valence-corrected chi connectivity index (χ1v) is 12.2. The molecule has 3 amide bonds. The fraction of sp³-hybridized carbons (Fsp3) is 0.391. The zero-order chi connectivity index (χ0) is 21.8. The van der Waals surface area contributed by atoms with Crippen LogP contribution in [0.3, 0.4) is 0 Å². The Morgan fingerprint density at radius 2 is 1.65 bits per heavy atom. The lowest BCUT2D eigenvalue weighted by atomic mass is 10.0. The number of para-hydroxylation sites is 1. The Bertz CT molecular complexity index is 929. The Kier molecular flexibility index (Phi) is 6.99. The highest BCUT2D eigenvalue weighted by molar-refractivity contribution is 8.00. The van der Waals surface area contributed by atoms with Gasteiger partial charge in [-0.15, -0.1) is 11.8 Å². The predicted molar refractivity (Wildman–Crippen MR) is 128 cm³/mol. The Hall–Kier alpha value is -1.89. The van der Waals surface area contributed by atoms with E-state index in [1.165, 1.54) is 5.56 Å². The first-order chi connectivity index (χ1) is 15.0. The van der Waals surface area contributed by atoms with E-state index in [4.69, 9.17) is 23.2 Å². The molecular weight excluding hydrogens is 453 g/mol. The summed E-state index contributed by atoms with van der Waals surface area (Å²) in [7, 11) is 0. The number of piperidine rings is 1. The maximum absolute atomic E-state index is 13.0. The third kappa shape index (κ3) is 4.97. The number of hydrogen-bond donors (Lipinski definition) is 1. The minimum atomic E-state index is -0.213. The lowest BCUT2D eigenvalue weighted by Crippen LogP contribution is -2.54. The van der Waals surface area contributed by atoms with E-state index in [-0.39, 0.29) is 16.8 Å². The Balaban J connectivity index is 1.35. The van der Waals surface area contributed by atoms with Crippen LogP contribution in [0.2, 0.25) is 10.0 Å². The monoisotopic (exact) mass is 477 g/mol. The van der Waals surface area contributed by atoms with Gasteiger partial charge in [0.2, 0.25) is 5.91 Å². The molecule has 5 nitrogen and oxygen atoms in total. The number of halogens is 2. The van der Waals surface area contributed by atoms with E-state index < -0.39 is 0 Å². The number of rotatable bonds is 4. The van der Waals surface area contributed by atoms with Crippen molar-refractivity contribution in [1.82, 2.24) is 9.80 Å². The number of carbonyl (C=O) groups is 2. The predicted octanol–water partition coefficient (Wildman–Crippen LogP) is 5.53. The zero-order valence-corrected chi connectivity index (χ0v) is 19.5. The lowest BCUT2D eigenvalue weighted by Gasteiger charge is -2.44. The number of thioether (sulfide) groups is 1. The van der Waals surface area contributed by atoms with Gasteiger partial charge in [-0.1, -0.05) is 59.6 Å². The summed E-state index contributed by atoms with van der Waals surface area (Å²) in [5.74, 6) is 1.15. The summed E-state index contributed by atoms with van der Waals surface area (Å²) < 4.78 is 0. The summed E-state index contributed by atoms with van der Waals surface area (Å²) in [6.07, 6.45) is 2.79. The number of urea groups is 1. The van der Waals surface area contributed by atoms with Gasteiger partial charge in [-0.2, -0.15) is 0 Å². The van der Waals surface area contributed by atoms with Gasteiger partial charge in [0.15, 0.2) is 0 Å². The van der Waals surface area contributed by atoms with Crippen LogP contribution in [-0.2, 0) is 11.2 Å². The summed E-state index contributed by atoms with van der Waals surface area (Å²) in [5, 5.41) is 3.66. The summed E-state index contributed by atoms with van der Waals surface area (Å²) >= 11 is 14.2. The summed E-state index contributed by atoms with van der Waals surface area (Å²) in [5.41, 5.74) is 1.62. The Morgan fingerprint density at radius 3 is 2.32 bits per heavy atom. The van der Waals surface area contributed by atoms with Crippen LogP contribution >= 0.6 is 35.0 Å². The maximum atomic E-state index is 13.0. The van der Waals surface area contributed by atoms with Crippen molar-refractivity contribution in [3.05, 3.63) is 64.1 Å². The van der Waals surface area contributed by atoms with Crippen LogP contribution in [0.1, 0.15) is 24.8 Å². The van der Waals surface area contributed by atoms with Gasteiger partial charge in [-0.25, -0.2) is 4.79 Å². The van der Waals surface area contributed by atoms with Crippen LogP contribution in [0.15, 0.2) is 48.5 Å². The highest BCUT2D eigenvalue weighted by Crippen LogP contribution is 2.44. The lowest BCUT2D eigenvalue weighted by molar-refractivity contribution is -0.134. The van der Waals surface area contributed by atoms with Gasteiger partial charge >= 0.3 is 6.03 Å². The van der Waals surface area contributed by atoms with Crippen LogP contribution in [-0.4, -0.2) is 52.0 Å². The molecule has 0 aromatic heterocycles. The van der Waals surface area contributed by atoms with E-state index in [2.05, 4.69) is 22.3 Å². The van der Waals surface area contributed by atoms with E-state index in [1.807, 2.05) is 30.0 Å². The molecule has 0 atom stereocenters. The molecule has 2 aromatic carbocycles. The normalized spacial score (nSPS) is 17.7. The molecule has 2 aliphatic rings. The molecule has 2 aliphatic heterocycles. The van der Waals surface area contributed by atoms with Gasteiger partial charge in [0, 0.05) is 31.8 Å². The topological polar surface area (TPSA) is 52.7 Å². The first-order valence-electron chi connectivity index (χ1n) is 10.5. The van der Waals surface area contributed by atoms with E-state index in [0.29, 0.717) is 35.2 Å². The number of hydrogen-bond acceptors (Lipinski definition) is 3. The summed E-state index contributed by atoms with van der Waals surface area (Å²) in [6.45, 7) is 1.95. The molecular formula is C23H25Cl2N3O2S. The smallest absolute Gasteiger partial charge is 0.321 e. The Labute approximate surface area is 197 Å². The fourth-order valence-corrected chi connectivity index (χ4v) is 6.23. The second-order valence-electron chi connectivity index (χ2n) is 7.84. The molecule has 0 radical (unpaired) electrons. The average Bonchev–Trinajstić information content (AvgIpc) is 3.19. The maximum Gasteiger partial charge on any atom is 0.321 e. The molecule has 31 heavy (non-hydrogen) atoms. The van der Waals surface area contributed by atoms with Crippen molar-refractivity contribution in [1.29, 1.82) is 0 Å². The summed E-state index contributed by atoms with van der Waals surface area (Å²) in [4.78, 5) is 29.4. The average molecular weight is 478 g/mol. The van der Waals surface area contributed by atoms with E-state index >= 15 is 0 Å². The van der Waals surface area contributed by atoms with Crippen LogP contribution in [0.4, 0.5) is 10.5 Å². The van der Waals surface area contributed by atoms with Gasteiger partial charge in [-0.05, 0) is 37.0 Å². The molecule has 2 fully saturated rings. The molecule has 2 heterocycles. The van der Waals surface area contributed by atoms with Crippen LogP contribution in [0.25, 0.3) is 0 Å². The van der Waals surface area contributed by atoms with E-state index in [0.717, 1.165) is 31.6 Å². The van der Waals surface area contributed by atoms with Crippen molar-refractivity contribution in [2.75, 3.05) is 30.7 Å². The van der Waals surface area contributed by atoms with Crippen molar-refractivity contribution in [3.8, 4) is 0 Å². The molecule has 0 saturated carbocycles. The first kappa shape index (κ1) is 22.3. The molecule has 0 bridgehead atoms. The highest BCUT2D eigenvalue weighted by Gasteiger charge is 2.46. The molecule has 2 aromatic rings. The van der Waals surface area contributed by atoms with Gasteiger partial charge in [-0.3, -0.25) is 4.79 Å². The molecule has 1 N–H and O–H groups in total. The Morgan fingerprint density at radius 1 is 0.968 bits per heavy atom. The minimum absolute atomic E-state index is 0.202. The number of benzene rings is 2. The molecule has 2 saturated heterocycles. The van der Waals surface area contributed by atoms with E-state index in [9.17, 15) is 9.59 Å². The van der Waals surface area contributed by atoms with Gasteiger partial charge in [0.05, 0.1) is 20.6 Å². The molecule has 0 unspecified atom stereocenters. The molecule has 1 spiro atoms. The van der Waals surface area contributed by atoms with Crippen molar-refractivity contribution < 1.29 is 9.59 Å². The quantitative estimate of drug-likeness (QED) is 0.629. The number of nitrogens with one attached hydrogen (secondary N) is 1. The van der Waals surface area contributed by atoms with Crippen molar-refractivity contribution in [2.45, 2.75) is 30.6 Å². The fourth-order valence-electron chi connectivity index (χ4n) is 4.27. The zero-order valence-electron chi connectivity index (χ0n) is 17.2. The second-order valence-corrected chi connectivity index (χ2v) is 10.1. The highest BCUT2D eigenvalue weighted by atomic mass is 35.5. The van der Waals surface area contributed by atoms with Crippen LogP contribution < -0.4 is 5.32 Å². The van der Waals surface area contributed by atoms with Crippen LogP contribution in [0, 0.1) is 0 Å². The number of amides is 3. The van der Waals surface area contributed by atoms with Crippen LogP contribution in [0.5, 0.6) is 0 Å². The second kappa shape index (κ2) is 9.72. The SMILES string of the molecule is O=C(Nc1c(Cl)cccc1Cl)N1CCC2(CC1)SCCN2C(=O)CCc1ccccc1. The third-order valence-corrected chi connectivity index (χ3v) is 8.16. The van der Waals surface area contributed by atoms with Gasteiger partial charge in [0.25, 0.3) is 0 Å². The molecule has 4 rings (SSSR count). The summed E-state index contributed by atoms with van der Waals surface area (Å²) in [6, 6.07) is 15.0. The van der Waals surface area contributed by atoms with Gasteiger partial charge < -0.3 is 15.1 Å². The number of likely N-dealkylation sites (tertiary alicyclic amines) is 1. The molecule has 0 aliphatic carbocycles. The third-order valence-electron chi connectivity index (χ3n) is 5.98. The van der Waals surface area contributed by atoms with Gasteiger partial charge in [0.1, 0.15) is 0 Å².